The van der Waals surface area contributed by atoms with E-state index in [4.69, 9.17) is 0 Å². The number of hydrogen-bond donors (Lipinski definition) is 0. The van der Waals surface area contributed by atoms with E-state index in [0.717, 1.165) is 35.5 Å². The van der Waals surface area contributed by atoms with Gasteiger partial charge in [0.1, 0.15) is 0 Å². The fraction of sp³-hybridized carbons (Fsp3) is 0.300. The van der Waals surface area contributed by atoms with Gasteiger partial charge in [-0.05, 0) is 24.3 Å². The smallest absolute Gasteiger partial charge is 0.162 e. The number of Topliss-reactive ketones (excluding diaryl/α,β-unsaturated/α-hetero) is 2. The number of carbonyl (C=O) groups excluding carboxylic acids is 2. The summed E-state index contributed by atoms with van der Waals surface area (Å²) in [5.74, 6) is 2.37. The van der Waals surface area contributed by atoms with Crippen LogP contribution >= 0.6 is 11.8 Å². The summed E-state index contributed by atoms with van der Waals surface area (Å²) >= 11 is 1.82. The first-order valence-electron chi connectivity index (χ1n) is 8.01. The Labute approximate surface area is 142 Å². The van der Waals surface area contributed by atoms with Gasteiger partial charge in [-0.1, -0.05) is 60.7 Å². The third-order valence-corrected chi connectivity index (χ3v) is 4.73. The summed E-state index contributed by atoms with van der Waals surface area (Å²) in [6.07, 6.45) is 2.98. The molecule has 0 aliphatic carbocycles. The Hall–Kier alpha value is -1.87. The first-order valence-corrected chi connectivity index (χ1v) is 9.17. The highest BCUT2D eigenvalue weighted by Gasteiger charge is 2.06. The molecule has 0 aliphatic rings. The number of rotatable bonds is 10. The lowest BCUT2D eigenvalue weighted by Crippen LogP contribution is -2.00. The maximum absolute atomic E-state index is 11.9. The number of carbonyl (C=O) groups is 2. The van der Waals surface area contributed by atoms with Gasteiger partial charge in [0.05, 0.1) is 0 Å². The van der Waals surface area contributed by atoms with E-state index >= 15 is 0 Å². The van der Waals surface area contributed by atoms with Crippen LogP contribution in [0.2, 0.25) is 0 Å². The molecule has 2 rings (SSSR count). The molecule has 0 heterocycles. The predicted octanol–water partition coefficient (Wildman–Crippen LogP) is 5.05. The van der Waals surface area contributed by atoms with Crippen LogP contribution in [0.25, 0.3) is 0 Å². The van der Waals surface area contributed by atoms with Crippen LogP contribution in [0.4, 0.5) is 0 Å². The van der Waals surface area contributed by atoms with Crippen LogP contribution in [-0.4, -0.2) is 23.1 Å². The number of thioether (sulfide) groups is 1. The van der Waals surface area contributed by atoms with Crippen LogP contribution in [0.5, 0.6) is 0 Å². The maximum Gasteiger partial charge on any atom is 0.162 e. The lowest BCUT2D eigenvalue weighted by molar-refractivity contribution is 0.0974. The highest BCUT2D eigenvalue weighted by atomic mass is 32.2. The summed E-state index contributed by atoms with van der Waals surface area (Å²) in [6, 6.07) is 18.9. The molecule has 0 unspecified atom stereocenters. The maximum atomic E-state index is 11.9. The summed E-state index contributed by atoms with van der Waals surface area (Å²) in [6.45, 7) is 0. The lowest BCUT2D eigenvalue weighted by Gasteiger charge is -2.03. The zero-order chi connectivity index (χ0) is 16.3. The van der Waals surface area contributed by atoms with Crippen LogP contribution in [-0.2, 0) is 0 Å². The second-order valence-electron chi connectivity index (χ2n) is 5.40. The van der Waals surface area contributed by atoms with Gasteiger partial charge in [0.25, 0.3) is 0 Å². The summed E-state index contributed by atoms with van der Waals surface area (Å²) < 4.78 is 0. The van der Waals surface area contributed by atoms with Gasteiger partial charge in [0.2, 0.25) is 0 Å². The van der Waals surface area contributed by atoms with E-state index < -0.39 is 0 Å². The molecule has 2 nitrogen and oxygen atoms in total. The molecule has 0 saturated heterocycles. The van der Waals surface area contributed by atoms with Gasteiger partial charge in [-0.15, -0.1) is 0 Å². The van der Waals surface area contributed by atoms with Crippen LogP contribution in [0.1, 0.15) is 46.4 Å². The van der Waals surface area contributed by atoms with Crippen molar-refractivity contribution in [3.8, 4) is 0 Å². The Morgan fingerprint density at radius 1 is 0.652 bits per heavy atom. The fourth-order valence-electron chi connectivity index (χ4n) is 2.31. The molecule has 0 radical (unpaired) electrons. The Morgan fingerprint density at radius 2 is 1.04 bits per heavy atom. The summed E-state index contributed by atoms with van der Waals surface area (Å²) in [4.78, 5) is 23.9. The standard InChI is InChI=1S/C20H22O2S/c21-19(17-9-3-1-4-10-17)13-7-15-23-16-8-14-20(22)18-11-5-2-6-12-18/h1-6,9-12H,7-8,13-16H2. The Morgan fingerprint density at radius 3 is 1.43 bits per heavy atom. The molecule has 0 saturated carbocycles. The Balaban J connectivity index is 1.53. The Bertz CT molecular complexity index is 553. The third-order valence-electron chi connectivity index (χ3n) is 3.58. The molecule has 3 heteroatoms. The van der Waals surface area contributed by atoms with Crippen molar-refractivity contribution in [1.29, 1.82) is 0 Å². The molecular weight excluding hydrogens is 304 g/mol. The van der Waals surface area contributed by atoms with Crippen molar-refractivity contribution in [3.05, 3.63) is 71.8 Å². The van der Waals surface area contributed by atoms with E-state index in [9.17, 15) is 9.59 Å². The van der Waals surface area contributed by atoms with Gasteiger partial charge >= 0.3 is 0 Å². The topological polar surface area (TPSA) is 34.1 Å². The third kappa shape index (κ3) is 6.41. The average Bonchev–Trinajstić information content (AvgIpc) is 2.62. The molecule has 0 atom stereocenters. The predicted molar refractivity (Wildman–Crippen MR) is 97.3 cm³/mol. The Kier molecular flexibility index (Phi) is 7.61. The van der Waals surface area contributed by atoms with Crippen molar-refractivity contribution in [2.75, 3.05) is 11.5 Å². The molecule has 0 bridgehead atoms. The summed E-state index contributed by atoms with van der Waals surface area (Å²) in [5, 5.41) is 0. The zero-order valence-electron chi connectivity index (χ0n) is 13.2. The van der Waals surface area contributed by atoms with Crippen molar-refractivity contribution in [3.63, 3.8) is 0 Å². The highest BCUT2D eigenvalue weighted by molar-refractivity contribution is 7.99. The molecule has 120 valence electrons. The van der Waals surface area contributed by atoms with Crippen molar-refractivity contribution >= 4 is 23.3 Å². The van der Waals surface area contributed by atoms with E-state index in [1.165, 1.54) is 0 Å². The molecule has 0 spiro atoms. The minimum atomic E-state index is 0.213. The minimum absolute atomic E-state index is 0.213. The number of benzene rings is 2. The summed E-state index contributed by atoms with van der Waals surface area (Å²) in [5.41, 5.74) is 1.59. The lowest BCUT2D eigenvalue weighted by atomic mass is 10.1. The normalized spacial score (nSPS) is 10.4. The largest absolute Gasteiger partial charge is 0.294 e. The second-order valence-corrected chi connectivity index (χ2v) is 6.62. The van der Waals surface area contributed by atoms with E-state index in [2.05, 4.69) is 0 Å². The van der Waals surface area contributed by atoms with Crippen molar-refractivity contribution in [1.82, 2.24) is 0 Å². The van der Waals surface area contributed by atoms with Gasteiger partial charge in [0.15, 0.2) is 11.6 Å². The molecule has 0 N–H and O–H groups in total. The van der Waals surface area contributed by atoms with Gasteiger partial charge in [-0.3, -0.25) is 9.59 Å². The van der Waals surface area contributed by atoms with Gasteiger partial charge in [0, 0.05) is 24.0 Å². The van der Waals surface area contributed by atoms with E-state index in [-0.39, 0.29) is 11.6 Å². The second kappa shape index (κ2) is 10.0. The monoisotopic (exact) mass is 326 g/mol. The number of ketones is 2. The molecule has 2 aromatic carbocycles. The van der Waals surface area contributed by atoms with Crippen molar-refractivity contribution < 1.29 is 9.59 Å². The van der Waals surface area contributed by atoms with Gasteiger partial charge in [-0.25, -0.2) is 0 Å². The molecule has 2 aromatic rings. The number of hydrogen-bond acceptors (Lipinski definition) is 3. The molecule has 23 heavy (non-hydrogen) atoms. The van der Waals surface area contributed by atoms with E-state index in [0.29, 0.717) is 12.8 Å². The zero-order valence-corrected chi connectivity index (χ0v) is 14.1. The van der Waals surface area contributed by atoms with Crippen molar-refractivity contribution in [2.45, 2.75) is 25.7 Å². The van der Waals surface area contributed by atoms with Crippen molar-refractivity contribution in [2.24, 2.45) is 0 Å². The van der Waals surface area contributed by atoms with Gasteiger partial charge < -0.3 is 0 Å². The van der Waals surface area contributed by atoms with E-state index in [1.54, 1.807) is 0 Å². The SMILES string of the molecule is O=C(CCCSCCCC(=O)c1ccccc1)c1ccccc1. The molecule has 0 aliphatic heterocycles. The molecular formula is C20H22O2S. The van der Waals surface area contributed by atoms with Gasteiger partial charge in [-0.2, -0.15) is 11.8 Å². The molecule has 0 aromatic heterocycles. The van der Waals surface area contributed by atoms with E-state index in [1.807, 2.05) is 72.4 Å². The molecule has 0 amide bonds. The van der Waals surface area contributed by atoms with Crippen LogP contribution in [0.3, 0.4) is 0 Å². The first kappa shape index (κ1) is 17.5. The average molecular weight is 326 g/mol. The molecule has 0 fully saturated rings. The quantitative estimate of drug-likeness (QED) is 0.453. The highest BCUT2D eigenvalue weighted by Crippen LogP contribution is 2.12. The fourth-order valence-corrected chi connectivity index (χ4v) is 3.21. The van der Waals surface area contributed by atoms with Crippen LogP contribution in [0.15, 0.2) is 60.7 Å². The summed E-state index contributed by atoms with van der Waals surface area (Å²) in [7, 11) is 0. The van der Waals surface area contributed by atoms with Crippen LogP contribution < -0.4 is 0 Å². The van der Waals surface area contributed by atoms with Crippen LogP contribution in [0, 0.1) is 0 Å². The first-order chi connectivity index (χ1) is 11.3. The minimum Gasteiger partial charge on any atom is -0.294 e.